The van der Waals surface area contributed by atoms with Gasteiger partial charge in [-0.25, -0.2) is 9.59 Å². The zero-order chi connectivity index (χ0) is 18.7. The number of likely N-dealkylation sites (tertiary alicyclic amines) is 1. The number of hydrogen-bond acceptors (Lipinski definition) is 5. The maximum atomic E-state index is 11.8. The summed E-state index contributed by atoms with van der Waals surface area (Å²) in [6, 6.07) is 5.32. The first-order valence-electron chi connectivity index (χ1n) is 8.55. The summed E-state index contributed by atoms with van der Waals surface area (Å²) in [6.45, 7) is 1.67. The van der Waals surface area contributed by atoms with Crippen LogP contribution in [0.4, 0.5) is 15.3 Å². The number of non-ortho nitro benzene ring substituents is 1. The summed E-state index contributed by atoms with van der Waals surface area (Å²) < 4.78 is 5.10. The lowest BCUT2D eigenvalue weighted by atomic mass is 9.57. The van der Waals surface area contributed by atoms with Crippen molar-refractivity contribution in [3.8, 4) is 5.75 Å². The number of nitrogens with zero attached hydrogens (tertiary/aromatic N) is 2. The van der Waals surface area contributed by atoms with Gasteiger partial charge in [-0.2, -0.15) is 0 Å². The average molecular weight is 363 g/mol. The Balaban J connectivity index is 1.37. The summed E-state index contributed by atoms with van der Waals surface area (Å²) in [5.41, 5.74) is 0.159. The molecule has 1 aromatic rings. The van der Waals surface area contributed by atoms with Gasteiger partial charge >= 0.3 is 12.2 Å². The van der Waals surface area contributed by atoms with E-state index in [4.69, 9.17) is 9.84 Å². The number of carbonyl (C=O) groups excluding carboxylic acids is 1. The normalized spacial score (nSPS) is 18.8. The van der Waals surface area contributed by atoms with Crippen LogP contribution < -0.4 is 10.1 Å². The molecule has 2 N–H and O–H groups in total. The van der Waals surface area contributed by atoms with Gasteiger partial charge in [-0.3, -0.25) is 10.1 Å². The predicted molar refractivity (Wildman–Crippen MR) is 91.1 cm³/mol. The number of hydrogen-bond donors (Lipinski definition) is 2. The average Bonchev–Trinajstić information content (AvgIpc) is 2.58. The topological polar surface area (TPSA) is 122 Å². The molecule has 2 fully saturated rings. The fourth-order valence-corrected chi connectivity index (χ4v) is 3.90. The van der Waals surface area contributed by atoms with E-state index < -0.39 is 17.1 Å². The van der Waals surface area contributed by atoms with Crippen LogP contribution in [-0.2, 0) is 0 Å². The van der Waals surface area contributed by atoms with Gasteiger partial charge in [-0.05, 0) is 49.1 Å². The molecule has 0 unspecified atom stereocenters. The summed E-state index contributed by atoms with van der Waals surface area (Å²) in [5.74, 6) is 0.620. The minimum atomic E-state index is -0.855. The van der Waals surface area contributed by atoms with E-state index in [0.29, 0.717) is 25.6 Å². The highest BCUT2D eigenvalue weighted by molar-refractivity contribution is 5.70. The molecule has 3 rings (SSSR count). The van der Waals surface area contributed by atoms with E-state index in [2.05, 4.69) is 5.32 Å². The van der Waals surface area contributed by atoms with Gasteiger partial charge in [0.25, 0.3) is 5.69 Å². The quantitative estimate of drug-likeness (QED) is 0.626. The monoisotopic (exact) mass is 363 g/mol. The first kappa shape index (κ1) is 18.0. The number of nitro groups is 1. The van der Waals surface area contributed by atoms with Crippen molar-refractivity contribution in [3.63, 3.8) is 0 Å². The number of carbonyl (C=O) groups is 2. The highest BCUT2D eigenvalue weighted by Gasteiger charge is 2.46. The number of ether oxygens (including phenoxy) is 1. The van der Waals surface area contributed by atoms with Crippen molar-refractivity contribution in [2.45, 2.75) is 25.7 Å². The van der Waals surface area contributed by atoms with E-state index in [0.717, 1.165) is 25.7 Å². The van der Waals surface area contributed by atoms with E-state index in [1.165, 1.54) is 29.2 Å². The second-order valence-corrected chi connectivity index (χ2v) is 7.07. The van der Waals surface area contributed by atoms with E-state index in [-0.39, 0.29) is 16.9 Å². The molecule has 1 aromatic carbocycles. The first-order valence-corrected chi connectivity index (χ1v) is 8.55. The number of carboxylic acid groups (broad SMARTS) is 1. The summed E-state index contributed by atoms with van der Waals surface area (Å²) in [4.78, 5) is 34.3. The molecule has 2 amide bonds. The molecule has 1 spiro atoms. The smallest absolute Gasteiger partial charge is 0.412 e. The zero-order valence-corrected chi connectivity index (χ0v) is 14.2. The Morgan fingerprint density at radius 3 is 2.42 bits per heavy atom. The van der Waals surface area contributed by atoms with E-state index >= 15 is 0 Å². The minimum Gasteiger partial charge on any atom is -0.465 e. The molecule has 26 heavy (non-hydrogen) atoms. The fraction of sp³-hybridized carbons (Fsp3) is 0.529. The van der Waals surface area contributed by atoms with Crippen LogP contribution in [0, 0.1) is 21.4 Å². The molecule has 2 aliphatic rings. The highest BCUT2D eigenvalue weighted by atomic mass is 16.6. The van der Waals surface area contributed by atoms with Crippen LogP contribution in [-0.4, -0.2) is 46.8 Å². The van der Waals surface area contributed by atoms with E-state index in [9.17, 15) is 19.7 Å². The molecule has 1 saturated carbocycles. The van der Waals surface area contributed by atoms with Crippen LogP contribution in [0.2, 0.25) is 0 Å². The number of benzene rings is 1. The SMILES string of the molecule is O=C(NCC1CC2(CCN(C(=O)O)CC2)C1)Oc1ccc([N+](=O)[O-])cc1. The van der Waals surface area contributed by atoms with Crippen LogP contribution in [0.25, 0.3) is 0 Å². The third kappa shape index (κ3) is 4.04. The molecule has 9 heteroatoms. The lowest BCUT2D eigenvalue weighted by Gasteiger charge is -2.52. The molecule has 1 saturated heterocycles. The molecule has 0 bridgehead atoms. The molecule has 0 aromatic heterocycles. The van der Waals surface area contributed by atoms with Crippen molar-refractivity contribution < 1.29 is 24.4 Å². The number of nitro benzene ring substituents is 1. The number of nitrogens with one attached hydrogen (secondary N) is 1. The molecule has 9 nitrogen and oxygen atoms in total. The fourth-order valence-electron chi connectivity index (χ4n) is 3.90. The van der Waals surface area contributed by atoms with Crippen LogP contribution in [0.5, 0.6) is 5.75 Å². The third-order valence-corrected chi connectivity index (χ3v) is 5.33. The summed E-state index contributed by atoms with van der Waals surface area (Å²) in [7, 11) is 0. The lowest BCUT2D eigenvalue weighted by Crippen LogP contribution is -2.50. The molecule has 1 heterocycles. The van der Waals surface area contributed by atoms with Crippen molar-refractivity contribution in [2.24, 2.45) is 11.3 Å². The second-order valence-electron chi connectivity index (χ2n) is 7.07. The molecule has 1 aliphatic heterocycles. The Morgan fingerprint density at radius 2 is 1.88 bits per heavy atom. The van der Waals surface area contributed by atoms with Crippen molar-refractivity contribution in [1.82, 2.24) is 10.2 Å². The largest absolute Gasteiger partial charge is 0.465 e. The molecular formula is C17H21N3O6. The number of amides is 2. The van der Waals surface area contributed by atoms with Crippen LogP contribution in [0.1, 0.15) is 25.7 Å². The summed E-state index contributed by atoms with van der Waals surface area (Å²) in [6.07, 6.45) is 2.29. The number of piperidine rings is 1. The van der Waals surface area contributed by atoms with Crippen LogP contribution >= 0.6 is 0 Å². The lowest BCUT2D eigenvalue weighted by molar-refractivity contribution is -0.384. The van der Waals surface area contributed by atoms with Gasteiger partial charge in [0, 0.05) is 31.8 Å². The van der Waals surface area contributed by atoms with Gasteiger partial charge < -0.3 is 20.1 Å². The Bertz CT molecular complexity index is 689. The second kappa shape index (κ2) is 7.19. The predicted octanol–water partition coefficient (Wildman–Crippen LogP) is 2.85. The highest BCUT2D eigenvalue weighted by Crippen LogP contribution is 2.52. The Kier molecular flexibility index (Phi) is 4.97. The van der Waals surface area contributed by atoms with Gasteiger partial charge in [0.05, 0.1) is 4.92 Å². The first-order chi connectivity index (χ1) is 12.4. The Hall–Kier alpha value is -2.84. The Labute approximate surface area is 150 Å². The van der Waals surface area contributed by atoms with Crippen molar-refractivity contribution in [2.75, 3.05) is 19.6 Å². The molecule has 0 atom stereocenters. The van der Waals surface area contributed by atoms with Gasteiger partial charge in [-0.15, -0.1) is 0 Å². The minimum absolute atomic E-state index is 0.0635. The van der Waals surface area contributed by atoms with Crippen LogP contribution in [0.15, 0.2) is 24.3 Å². The maximum absolute atomic E-state index is 11.8. The van der Waals surface area contributed by atoms with E-state index in [1.807, 2.05) is 0 Å². The zero-order valence-electron chi connectivity index (χ0n) is 14.2. The summed E-state index contributed by atoms with van der Waals surface area (Å²) >= 11 is 0. The van der Waals surface area contributed by atoms with Gasteiger partial charge in [0.2, 0.25) is 0 Å². The molecule has 1 aliphatic carbocycles. The third-order valence-electron chi connectivity index (χ3n) is 5.33. The summed E-state index contributed by atoms with van der Waals surface area (Å²) in [5, 5.41) is 22.3. The van der Waals surface area contributed by atoms with Gasteiger partial charge in [0.1, 0.15) is 5.75 Å². The molecular weight excluding hydrogens is 342 g/mol. The maximum Gasteiger partial charge on any atom is 0.412 e. The Morgan fingerprint density at radius 1 is 1.27 bits per heavy atom. The molecule has 0 radical (unpaired) electrons. The van der Waals surface area contributed by atoms with Crippen molar-refractivity contribution in [3.05, 3.63) is 34.4 Å². The van der Waals surface area contributed by atoms with Crippen LogP contribution in [0.3, 0.4) is 0 Å². The van der Waals surface area contributed by atoms with Crippen molar-refractivity contribution >= 4 is 17.9 Å². The van der Waals surface area contributed by atoms with Gasteiger partial charge in [-0.1, -0.05) is 0 Å². The number of rotatable bonds is 4. The van der Waals surface area contributed by atoms with Crippen molar-refractivity contribution in [1.29, 1.82) is 0 Å². The molecule has 140 valence electrons. The van der Waals surface area contributed by atoms with Gasteiger partial charge in [0.15, 0.2) is 0 Å². The standard InChI is InChI=1S/C17H21N3O6/c21-15(26-14-3-1-13(2-4-14)20(24)25)18-11-12-9-17(10-12)5-7-19(8-6-17)16(22)23/h1-4,12H,5-11H2,(H,18,21)(H,22,23). The van der Waals surface area contributed by atoms with E-state index in [1.54, 1.807) is 0 Å².